The molecule has 3 aromatic rings. The molecule has 3 rings (SSSR count). The molecule has 1 heterocycles. The highest BCUT2D eigenvalue weighted by molar-refractivity contribution is 6.33. The van der Waals surface area contributed by atoms with Crippen LogP contribution in [0, 0.1) is 6.92 Å². The molecule has 0 radical (unpaired) electrons. The van der Waals surface area contributed by atoms with Gasteiger partial charge in [-0.15, -0.1) is 0 Å². The van der Waals surface area contributed by atoms with E-state index in [4.69, 9.17) is 16.0 Å². The summed E-state index contributed by atoms with van der Waals surface area (Å²) in [7, 11) is 0. The molecule has 1 atom stereocenters. The summed E-state index contributed by atoms with van der Waals surface area (Å²) >= 11 is 6.18. The van der Waals surface area contributed by atoms with Crippen LogP contribution in [0.4, 0.5) is 0 Å². The summed E-state index contributed by atoms with van der Waals surface area (Å²) in [4.78, 5) is 16.6. The van der Waals surface area contributed by atoms with Crippen molar-refractivity contribution in [2.24, 2.45) is 0 Å². The first-order valence-corrected chi connectivity index (χ1v) is 9.50. The number of halogens is 1. The highest BCUT2D eigenvalue weighted by atomic mass is 35.5. The molecule has 27 heavy (non-hydrogen) atoms. The molecular formula is C22H23ClN2O2. The molecule has 140 valence electrons. The average Bonchev–Trinajstić information content (AvgIpc) is 3.14. The van der Waals surface area contributed by atoms with Crippen molar-refractivity contribution < 1.29 is 9.21 Å². The van der Waals surface area contributed by atoms with Crippen LogP contribution in [0.25, 0.3) is 11.3 Å². The van der Waals surface area contributed by atoms with Gasteiger partial charge in [-0.05, 0) is 31.0 Å². The van der Waals surface area contributed by atoms with Crippen LogP contribution in [-0.2, 0) is 11.2 Å². The van der Waals surface area contributed by atoms with Crippen molar-refractivity contribution in [3.63, 3.8) is 0 Å². The normalized spacial score (nSPS) is 12.0. The second-order valence-corrected chi connectivity index (χ2v) is 6.94. The van der Waals surface area contributed by atoms with E-state index in [-0.39, 0.29) is 11.9 Å². The molecule has 4 nitrogen and oxygen atoms in total. The fourth-order valence-corrected chi connectivity index (χ4v) is 3.15. The lowest BCUT2D eigenvalue weighted by atomic mass is 10.0. The molecule has 1 amide bonds. The minimum atomic E-state index is -0.0140. The van der Waals surface area contributed by atoms with Crippen LogP contribution in [0.2, 0.25) is 5.02 Å². The van der Waals surface area contributed by atoms with Crippen molar-refractivity contribution in [2.75, 3.05) is 0 Å². The van der Waals surface area contributed by atoms with Gasteiger partial charge in [0, 0.05) is 18.4 Å². The van der Waals surface area contributed by atoms with E-state index in [1.54, 1.807) is 6.20 Å². The first kappa shape index (κ1) is 19.2. The van der Waals surface area contributed by atoms with E-state index in [1.165, 1.54) is 5.56 Å². The fraction of sp³-hybridized carbons (Fsp3) is 0.273. The van der Waals surface area contributed by atoms with Gasteiger partial charge in [0.2, 0.25) is 5.91 Å². The van der Waals surface area contributed by atoms with Gasteiger partial charge in [-0.1, -0.05) is 60.5 Å². The molecule has 2 aromatic carbocycles. The third-order valence-electron chi connectivity index (χ3n) is 4.48. The molecule has 0 aliphatic heterocycles. The van der Waals surface area contributed by atoms with Gasteiger partial charge in [0.25, 0.3) is 0 Å². The van der Waals surface area contributed by atoms with Gasteiger partial charge in [0.05, 0.1) is 17.3 Å². The molecule has 1 unspecified atom stereocenters. The number of benzene rings is 2. The van der Waals surface area contributed by atoms with Gasteiger partial charge in [-0.25, -0.2) is 4.98 Å². The maximum absolute atomic E-state index is 12.4. The van der Waals surface area contributed by atoms with Gasteiger partial charge in [0.1, 0.15) is 0 Å². The molecule has 0 aliphatic rings. The number of amides is 1. The van der Waals surface area contributed by atoms with Crippen LogP contribution >= 0.6 is 11.6 Å². The van der Waals surface area contributed by atoms with Crippen molar-refractivity contribution in [3.05, 3.63) is 76.8 Å². The van der Waals surface area contributed by atoms with Gasteiger partial charge >= 0.3 is 0 Å². The Morgan fingerprint density at radius 3 is 2.63 bits per heavy atom. The molecule has 1 aromatic heterocycles. The molecule has 0 bridgehead atoms. The zero-order valence-electron chi connectivity index (χ0n) is 15.5. The van der Waals surface area contributed by atoms with Gasteiger partial charge in [0.15, 0.2) is 11.7 Å². The Bertz CT molecular complexity index is 903. The molecule has 0 saturated carbocycles. The summed E-state index contributed by atoms with van der Waals surface area (Å²) in [5.74, 6) is 1.13. The zero-order valence-corrected chi connectivity index (χ0v) is 16.3. The Kier molecular flexibility index (Phi) is 6.30. The molecule has 5 heteroatoms. The average molecular weight is 383 g/mol. The van der Waals surface area contributed by atoms with Crippen molar-refractivity contribution in [1.82, 2.24) is 10.3 Å². The number of nitrogens with one attached hydrogen (secondary N) is 1. The van der Waals surface area contributed by atoms with Crippen molar-refractivity contribution >= 4 is 17.5 Å². The monoisotopic (exact) mass is 382 g/mol. The number of rotatable bonds is 7. The fourth-order valence-electron chi connectivity index (χ4n) is 2.92. The van der Waals surface area contributed by atoms with Crippen LogP contribution in [0.1, 0.15) is 42.8 Å². The SMILES string of the molecule is CCC(NC(=O)CCc1ncc(-c2ccccc2Cl)o1)c1ccc(C)cc1. The lowest BCUT2D eigenvalue weighted by Crippen LogP contribution is -2.28. The van der Waals surface area contributed by atoms with E-state index in [2.05, 4.69) is 48.4 Å². The second-order valence-electron chi connectivity index (χ2n) is 6.54. The number of oxazole rings is 1. The smallest absolute Gasteiger partial charge is 0.220 e. The maximum Gasteiger partial charge on any atom is 0.220 e. The minimum absolute atomic E-state index is 0.0140. The zero-order chi connectivity index (χ0) is 19.2. The van der Waals surface area contributed by atoms with Crippen LogP contribution in [-0.4, -0.2) is 10.9 Å². The van der Waals surface area contributed by atoms with E-state index in [1.807, 2.05) is 24.3 Å². The summed E-state index contributed by atoms with van der Waals surface area (Å²) < 4.78 is 5.75. The summed E-state index contributed by atoms with van der Waals surface area (Å²) in [6, 6.07) is 15.7. The number of aromatic nitrogens is 1. The highest BCUT2D eigenvalue weighted by Crippen LogP contribution is 2.28. The number of carbonyl (C=O) groups excluding carboxylic acids is 1. The van der Waals surface area contributed by atoms with Crippen LogP contribution in [0.15, 0.2) is 59.1 Å². The maximum atomic E-state index is 12.4. The Labute approximate surface area is 164 Å². The highest BCUT2D eigenvalue weighted by Gasteiger charge is 2.14. The van der Waals surface area contributed by atoms with Crippen LogP contribution in [0.3, 0.4) is 0 Å². The molecular weight excluding hydrogens is 360 g/mol. The predicted octanol–water partition coefficient (Wildman–Crippen LogP) is 5.50. The largest absolute Gasteiger partial charge is 0.441 e. The Morgan fingerprint density at radius 1 is 1.19 bits per heavy atom. The third kappa shape index (κ3) is 4.98. The summed E-state index contributed by atoms with van der Waals surface area (Å²) in [6.45, 7) is 4.12. The van der Waals surface area contributed by atoms with Crippen molar-refractivity contribution in [3.8, 4) is 11.3 Å². The van der Waals surface area contributed by atoms with E-state index in [0.717, 1.165) is 17.5 Å². The number of carbonyl (C=O) groups is 1. The predicted molar refractivity (Wildman–Crippen MR) is 108 cm³/mol. The molecule has 0 saturated heterocycles. The number of aryl methyl sites for hydroxylation is 2. The van der Waals surface area contributed by atoms with Gasteiger partial charge in [-0.3, -0.25) is 4.79 Å². The lowest BCUT2D eigenvalue weighted by Gasteiger charge is -2.17. The number of hydrogen-bond acceptors (Lipinski definition) is 3. The first-order chi connectivity index (χ1) is 13.1. The summed E-state index contributed by atoms with van der Waals surface area (Å²) in [6.07, 6.45) is 3.26. The quantitative estimate of drug-likeness (QED) is 0.586. The van der Waals surface area contributed by atoms with E-state index < -0.39 is 0 Å². The molecule has 0 fully saturated rings. The molecule has 0 aliphatic carbocycles. The van der Waals surface area contributed by atoms with E-state index in [9.17, 15) is 4.79 Å². The Morgan fingerprint density at radius 2 is 1.93 bits per heavy atom. The van der Waals surface area contributed by atoms with Gasteiger partial charge < -0.3 is 9.73 Å². The Balaban J connectivity index is 1.57. The summed E-state index contributed by atoms with van der Waals surface area (Å²) in [5, 5.41) is 3.70. The first-order valence-electron chi connectivity index (χ1n) is 9.12. The standard InChI is InChI=1S/C22H23ClN2O2/c1-3-19(16-10-8-15(2)9-11-16)25-21(26)12-13-22-24-14-20(27-22)17-6-4-5-7-18(17)23/h4-11,14,19H,3,12-13H2,1-2H3,(H,25,26). The molecule has 1 N–H and O–H groups in total. The van der Waals surface area contributed by atoms with Gasteiger partial charge in [-0.2, -0.15) is 0 Å². The molecule has 0 spiro atoms. The number of hydrogen-bond donors (Lipinski definition) is 1. The summed E-state index contributed by atoms with van der Waals surface area (Å²) in [5.41, 5.74) is 3.12. The van der Waals surface area contributed by atoms with Crippen molar-refractivity contribution in [1.29, 1.82) is 0 Å². The third-order valence-corrected chi connectivity index (χ3v) is 4.81. The van der Waals surface area contributed by atoms with E-state index in [0.29, 0.717) is 29.5 Å². The lowest BCUT2D eigenvalue weighted by molar-refractivity contribution is -0.121. The van der Waals surface area contributed by atoms with Crippen LogP contribution < -0.4 is 5.32 Å². The van der Waals surface area contributed by atoms with Crippen molar-refractivity contribution in [2.45, 2.75) is 39.2 Å². The van der Waals surface area contributed by atoms with E-state index >= 15 is 0 Å². The second kappa shape index (κ2) is 8.87. The van der Waals surface area contributed by atoms with Crippen LogP contribution in [0.5, 0.6) is 0 Å². The minimum Gasteiger partial charge on any atom is -0.441 e. The number of nitrogens with zero attached hydrogens (tertiary/aromatic N) is 1. The Hall–Kier alpha value is -2.59. The topological polar surface area (TPSA) is 55.1 Å².